The molecule has 0 radical (unpaired) electrons. The number of amides is 1. The summed E-state index contributed by atoms with van der Waals surface area (Å²) in [4.78, 5) is 35.8. The molecule has 0 fully saturated rings. The number of rotatable bonds is 3. The van der Waals surface area contributed by atoms with Crippen LogP contribution in [-0.4, -0.2) is 24.5 Å². The van der Waals surface area contributed by atoms with Crippen LogP contribution in [0.2, 0.25) is 0 Å². The first kappa shape index (κ1) is 13.2. The van der Waals surface area contributed by atoms with E-state index in [1.54, 1.807) is 38.2 Å². The van der Waals surface area contributed by atoms with Crippen molar-refractivity contribution in [2.75, 3.05) is 7.05 Å². The highest BCUT2D eigenvalue weighted by Crippen LogP contribution is 2.28. The molecule has 0 saturated carbocycles. The van der Waals surface area contributed by atoms with Crippen molar-refractivity contribution in [1.29, 1.82) is 0 Å². The first-order chi connectivity index (χ1) is 9.06. The van der Waals surface area contributed by atoms with E-state index in [4.69, 9.17) is 0 Å². The van der Waals surface area contributed by atoms with Crippen LogP contribution in [0.3, 0.4) is 0 Å². The summed E-state index contributed by atoms with van der Waals surface area (Å²) in [6, 6.07) is 6.80. The van der Waals surface area contributed by atoms with Crippen molar-refractivity contribution < 1.29 is 14.4 Å². The minimum absolute atomic E-state index is 0.123. The Morgan fingerprint density at radius 2 is 1.68 bits per heavy atom. The van der Waals surface area contributed by atoms with E-state index in [0.29, 0.717) is 28.7 Å². The molecule has 0 heterocycles. The maximum Gasteiger partial charge on any atom is 0.220 e. The lowest BCUT2D eigenvalue weighted by atomic mass is 9.83. The first-order valence-corrected chi connectivity index (χ1v) is 6.15. The molecule has 0 bridgehead atoms. The minimum atomic E-state index is -0.142. The van der Waals surface area contributed by atoms with Crippen LogP contribution in [0.15, 0.2) is 35.4 Å². The summed E-state index contributed by atoms with van der Waals surface area (Å²) >= 11 is 0. The molecule has 0 saturated heterocycles. The van der Waals surface area contributed by atoms with Gasteiger partial charge < -0.3 is 5.32 Å². The third kappa shape index (κ3) is 2.34. The Labute approximate surface area is 111 Å². The fourth-order valence-corrected chi connectivity index (χ4v) is 2.22. The molecule has 0 aliphatic heterocycles. The Morgan fingerprint density at radius 3 is 2.26 bits per heavy atom. The Morgan fingerprint density at radius 1 is 1.11 bits per heavy atom. The van der Waals surface area contributed by atoms with Crippen molar-refractivity contribution in [2.45, 2.75) is 19.8 Å². The average molecular weight is 257 g/mol. The van der Waals surface area contributed by atoms with Crippen molar-refractivity contribution in [1.82, 2.24) is 5.32 Å². The Bertz CT molecular complexity index is 599. The van der Waals surface area contributed by atoms with E-state index in [-0.39, 0.29) is 23.9 Å². The Hall–Kier alpha value is -2.23. The van der Waals surface area contributed by atoms with Gasteiger partial charge in [-0.05, 0) is 13.3 Å². The molecule has 98 valence electrons. The topological polar surface area (TPSA) is 63.2 Å². The highest BCUT2D eigenvalue weighted by Gasteiger charge is 2.29. The monoisotopic (exact) mass is 257 g/mol. The smallest absolute Gasteiger partial charge is 0.220 e. The first-order valence-electron chi connectivity index (χ1n) is 6.15. The lowest BCUT2D eigenvalue weighted by Gasteiger charge is -2.18. The lowest BCUT2D eigenvalue weighted by Crippen LogP contribution is -2.23. The largest absolute Gasteiger partial charge is 0.359 e. The molecule has 1 aromatic carbocycles. The molecule has 2 rings (SSSR count). The van der Waals surface area contributed by atoms with Crippen molar-refractivity contribution in [3.63, 3.8) is 0 Å². The summed E-state index contributed by atoms with van der Waals surface area (Å²) in [6.07, 6.45) is 0.509. The fraction of sp³-hybridized carbons (Fsp3) is 0.267. The van der Waals surface area contributed by atoms with E-state index >= 15 is 0 Å². The van der Waals surface area contributed by atoms with Gasteiger partial charge in [-0.2, -0.15) is 0 Å². The van der Waals surface area contributed by atoms with Crippen LogP contribution in [0, 0.1) is 0 Å². The zero-order valence-electron chi connectivity index (χ0n) is 10.9. The van der Waals surface area contributed by atoms with Crippen molar-refractivity contribution >= 4 is 17.5 Å². The molecule has 0 unspecified atom stereocenters. The van der Waals surface area contributed by atoms with E-state index in [1.807, 2.05) is 0 Å². The van der Waals surface area contributed by atoms with Gasteiger partial charge in [-0.15, -0.1) is 0 Å². The normalized spacial score (nSPS) is 14.4. The predicted molar refractivity (Wildman–Crippen MR) is 71.1 cm³/mol. The number of benzene rings is 1. The third-order valence-electron chi connectivity index (χ3n) is 3.36. The number of Topliss-reactive ketones (excluding diaryl/α,β-unsaturated/α-hetero) is 2. The number of fused-ring (bicyclic) bond motifs is 1. The van der Waals surface area contributed by atoms with Gasteiger partial charge >= 0.3 is 0 Å². The van der Waals surface area contributed by atoms with Crippen molar-refractivity contribution in [3.8, 4) is 0 Å². The van der Waals surface area contributed by atoms with E-state index in [0.717, 1.165) is 0 Å². The second-order valence-corrected chi connectivity index (χ2v) is 4.48. The summed E-state index contributed by atoms with van der Waals surface area (Å²) in [5.41, 5.74) is 1.79. The SMILES string of the molecule is CNC(=O)CCC1=C(C)C(=O)c2ccccc2C1=O. The summed E-state index contributed by atoms with van der Waals surface area (Å²) in [6.45, 7) is 1.65. The zero-order valence-corrected chi connectivity index (χ0v) is 10.9. The van der Waals surface area contributed by atoms with Gasteiger partial charge in [0.15, 0.2) is 11.6 Å². The molecule has 4 nitrogen and oxygen atoms in total. The standard InChI is InChI=1S/C15H15NO3/c1-9-10(7-8-13(17)16-2)15(19)12-6-4-3-5-11(12)14(9)18/h3-6H,7-8H2,1-2H3,(H,16,17). The summed E-state index contributed by atoms with van der Waals surface area (Å²) < 4.78 is 0. The predicted octanol–water partition coefficient (Wildman–Crippen LogP) is 1.91. The minimum Gasteiger partial charge on any atom is -0.359 e. The van der Waals surface area contributed by atoms with Crippen LogP contribution in [0.1, 0.15) is 40.5 Å². The number of nitrogens with one attached hydrogen (secondary N) is 1. The van der Waals surface area contributed by atoms with E-state index < -0.39 is 0 Å². The Kier molecular flexibility index (Phi) is 3.60. The van der Waals surface area contributed by atoms with Crippen molar-refractivity contribution in [3.05, 3.63) is 46.5 Å². The molecule has 4 heteroatoms. The van der Waals surface area contributed by atoms with Gasteiger partial charge in [0, 0.05) is 35.7 Å². The van der Waals surface area contributed by atoms with Crippen LogP contribution in [-0.2, 0) is 4.79 Å². The van der Waals surface area contributed by atoms with E-state index in [2.05, 4.69) is 5.32 Å². The number of ketones is 2. The molecule has 19 heavy (non-hydrogen) atoms. The maximum atomic E-state index is 12.3. The number of hydrogen-bond donors (Lipinski definition) is 1. The second-order valence-electron chi connectivity index (χ2n) is 4.48. The molecule has 1 N–H and O–H groups in total. The molecule has 1 aliphatic carbocycles. The zero-order chi connectivity index (χ0) is 14.0. The number of allylic oxidation sites excluding steroid dienone is 2. The number of carbonyl (C=O) groups is 3. The molecule has 0 atom stereocenters. The van der Waals surface area contributed by atoms with Crippen LogP contribution in [0.4, 0.5) is 0 Å². The molecular formula is C15H15NO3. The molecule has 1 aliphatic rings. The molecule has 1 aromatic rings. The molecule has 1 amide bonds. The Balaban J connectivity index is 2.35. The van der Waals surface area contributed by atoms with Crippen LogP contribution >= 0.6 is 0 Å². The lowest BCUT2D eigenvalue weighted by molar-refractivity contribution is -0.120. The van der Waals surface area contributed by atoms with Gasteiger partial charge in [0.1, 0.15) is 0 Å². The summed E-state index contributed by atoms with van der Waals surface area (Å²) in [5.74, 6) is -0.405. The van der Waals surface area contributed by atoms with Gasteiger partial charge in [0.25, 0.3) is 0 Å². The highest BCUT2D eigenvalue weighted by atomic mass is 16.2. The fourth-order valence-electron chi connectivity index (χ4n) is 2.22. The maximum absolute atomic E-state index is 12.3. The van der Waals surface area contributed by atoms with Gasteiger partial charge in [-0.1, -0.05) is 24.3 Å². The molecule has 0 aromatic heterocycles. The van der Waals surface area contributed by atoms with Gasteiger partial charge in [0.05, 0.1) is 0 Å². The van der Waals surface area contributed by atoms with Crippen LogP contribution < -0.4 is 5.32 Å². The number of carbonyl (C=O) groups excluding carboxylic acids is 3. The van der Waals surface area contributed by atoms with Crippen molar-refractivity contribution in [2.24, 2.45) is 0 Å². The van der Waals surface area contributed by atoms with Crippen LogP contribution in [0.25, 0.3) is 0 Å². The van der Waals surface area contributed by atoms with Gasteiger partial charge in [-0.3, -0.25) is 14.4 Å². The molecule has 0 spiro atoms. The quantitative estimate of drug-likeness (QED) is 0.899. The number of hydrogen-bond acceptors (Lipinski definition) is 3. The van der Waals surface area contributed by atoms with Gasteiger partial charge in [-0.25, -0.2) is 0 Å². The third-order valence-corrected chi connectivity index (χ3v) is 3.36. The molecular weight excluding hydrogens is 242 g/mol. The van der Waals surface area contributed by atoms with E-state index in [1.165, 1.54) is 0 Å². The average Bonchev–Trinajstić information content (AvgIpc) is 2.44. The van der Waals surface area contributed by atoms with Gasteiger partial charge in [0.2, 0.25) is 5.91 Å². The van der Waals surface area contributed by atoms with E-state index in [9.17, 15) is 14.4 Å². The highest BCUT2D eigenvalue weighted by molar-refractivity contribution is 6.26. The summed E-state index contributed by atoms with van der Waals surface area (Å²) in [7, 11) is 1.55. The second kappa shape index (κ2) is 5.18. The summed E-state index contributed by atoms with van der Waals surface area (Å²) in [5, 5.41) is 2.51. The van der Waals surface area contributed by atoms with Crippen LogP contribution in [0.5, 0.6) is 0 Å².